The lowest BCUT2D eigenvalue weighted by Gasteiger charge is -2.23. The van der Waals surface area contributed by atoms with Gasteiger partial charge in [0.2, 0.25) is 0 Å². The summed E-state index contributed by atoms with van der Waals surface area (Å²) in [5, 5.41) is 0. The zero-order valence-electron chi connectivity index (χ0n) is 13.4. The topological polar surface area (TPSA) is 81.7 Å². The molecule has 0 radical (unpaired) electrons. The minimum Gasteiger partial charge on any atom is -0.376 e. The van der Waals surface area contributed by atoms with Crippen LogP contribution in [0.3, 0.4) is 0 Å². The van der Waals surface area contributed by atoms with Crippen molar-refractivity contribution in [3.63, 3.8) is 0 Å². The van der Waals surface area contributed by atoms with Crippen LogP contribution in [0, 0.1) is 6.92 Å². The first-order chi connectivity index (χ1) is 10.9. The summed E-state index contributed by atoms with van der Waals surface area (Å²) >= 11 is 0. The average Bonchev–Trinajstić information content (AvgIpc) is 2.53. The zero-order chi connectivity index (χ0) is 16.9. The fourth-order valence-corrected chi connectivity index (χ4v) is 3.30. The molecule has 2 atom stereocenters. The van der Waals surface area contributed by atoms with Gasteiger partial charge < -0.3 is 9.47 Å². The zero-order valence-corrected chi connectivity index (χ0v) is 14.3. The largest absolute Gasteiger partial charge is 0.376 e. The van der Waals surface area contributed by atoms with Gasteiger partial charge in [0.25, 0.3) is 15.9 Å². The number of carbonyl (C=O) groups excluding carboxylic acids is 1. The quantitative estimate of drug-likeness (QED) is 0.853. The second-order valence-electron chi connectivity index (χ2n) is 5.75. The van der Waals surface area contributed by atoms with Gasteiger partial charge in [-0.15, -0.1) is 0 Å². The van der Waals surface area contributed by atoms with E-state index < -0.39 is 22.0 Å². The second kappa shape index (κ2) is 7.90. The highest BCUT2D eigenvalue weighted by molar-refractivity contribution is 7.90. The normalized spacial score (nSPS) is 20.0. The maximum Gasteiger partial charge on any atom is 0.264 e. The van der Waals surface area contributed by atoms with E-state index in [4.69, 9.17) is 9.47 Å². The smallest absolute Gasteiger partial charge is 0.264 e. The number of benzene rings is 1. The van der Waals surface area contributed by atoms with E-state index in [1.54, 1.807) is 12.1 Å². The van der Waals surface area contributed by atoms with Crippen LogP contribution in [-0.4, -0.2) is 39.7 Å². The summed E-state index contributed by atoms with van der Waals surface area (Å²) < 4.78 is 37.3. The van der Waals surface area contributed by atoms with E-state index in [-0.39, 0.29) is 11.0 Å². The highest BCUT2D eigenvalue weighted by atomic mass is 32.2. The first kappa shape index (κ1) is 17.9. The summed E-state index contributed by atoms with van der Waals surface area (Å²) in [7, 11) is -3.88. The molecule has 0 bridgehead atoms. The Morgan fingerprint density at radius 1 is 1.35 bits per heavy atom. The van der Waals surface area contributed by atoms with E-state index in [2.05, 4.69) is 0 Å². The first-order valence-electron chi connectivity index (χ1n) is 7.75. The van der Waals surface area contributed by atoms with Gasteiger partial charge in [0, 0.05) is 6.61 Å². The fraction of sp³-hybridized carbons (Fsp3) is 0.562. The molecule has 6 nitrogen and oxygen atoms in total. The Bertz CT molecular complexity index is 620. The van der Waals surface area contributed by atoms with E-state index in [1.807, 2.05) is 11.6 Å². The van der Waals surface area contributed by atoms with Crippen molar-refractivity contribution in [2.24, 2.45) is 0 Å². The van der Waals surface area contributed by atoms with E-state index >= 15 is 0 Å². The van der Waals surface area contributed by atoms with Crippen molar-refractivity contribution in [3.05, 3.63) is 29.8 Å². The summed E-state index contributed by atoms with van der Waals surface area (Å²) in [6.07, 6.45) is 2.14. The molecule has 0 saturated carbocycles. The van der Waals surface area contributed by atoms with Crippen LogP contribution in [0.2, 0.25) is 0 Å². The number of nitrogens with one attached hydrogen (secondary N) is 1. The molecule has 0 aromatic heterocycles. The molecule has 23 heavy (non-hydrogen) atoms. The second-order valence-corrected chi connectivity index (χ2v) is 7.43. The lowest BCUT2D eigenvalue weighted by molar-refractivity contribution is -0.133. The third kappa shape index (κ3) is 5.30. The molecule has 1 aromatic rings. The van der Waals surface area contributed by atoms with Crippen molar-refractivity contribution in [1.82, 2.24) is 4.72 Å². The minimum atomic E-state index is -3.88. The third-order valence-electron chi connectivity index (χ3n) is 3.74. The molecule has 7 heteroatoms. The summed E-state index contributed by atoms with van der Waals surface area (Å²) in [5.74, 6) is -0.679. The fourth-order valence-electron chi connectivity index (χ4n) is 2.26. The molecule has 1 saturated heterocycles. The monoisotopic (exact) mass is 341 g/mol. The first-order valence-corrected chi connectivity index (χ1v) is 9.23. The maximum absolute atomic E-state index is 12.2. The molecular formula is C16H23NO5S. The SMILES string of the molecule is Cc1ccc(S(=O)(=O)NC(=O)C(C)OCC2CCCCO2)cc1. The number of sulfonamides is 1. The molecule has 128 valence electrons. The van der Waals surface area contributed by atoms with Gasteiger partial charge in [-0.2, -0.15) is 0 Å². The number of rotatable bonds is 6. The van der Waals surface area contributed by atoms with Crippen LogP contribution in [0.25, 0.3) is 0 Å². The highest BCUT2D eigenvalue weighted by Gasteiger charge is 2.23. The summed E-state index contributed by atoms with van der Waals surface area (Å²) in [4.78, 5) is 12.1. The summed E-state index contributed by atoms with van der Waals surface area (Å²) in [5.41, 5.74) is 0.944. The Balaban J connectivity index is 1.87. The van der Waals surface area contributed by atoms with Gasteiger partial charge in [-0.05, 0) is 45.2 Å². The van der Waals surface area contributed by atoms with Crippen molar-refractivity contribution >= 4 is 15.9 Å². The number of ether oxygens (including phenoxy) is 2. The van der Waals surface area contributed by atoms with Crippen LogP contribution < -0.4 is 4.72 Å². The highest BCUT2D eigenvalue weighted by Crippen LogP contribution is 2.14. The van der Waals surface area contributed by atoms with Crippen molar-refractivity contribution in [2.45, 2.75) is 50.2 Å². The molecule has 2 unspecified atom stereocenters. The van der Waals surface area contributed by atoms with Crippen molar-refractivity contribution in [1.29, 1.82) is 0 Å². The molecular weight excluding hydrogens is 318 g/mol. The lowest BCUT2D eigenvalue weighted by atomic mass is 10.1. The molecule has 1 aliphatic heterocycles. The van der Waals surface area contributed by atoms with Crippen molar-refractivity contribution in [3.8, 4) is 0 Å². The van der Waals surface area contributed by atoms with Crippen LogP contribution in [0.5, 0.6) is 0 Å². The number of carbonyl (C=O) groups is 1. The van der Waals surface area contributed by atoms with Crippen LogP contribution in [0.4, 0.5) is 0 Å². The Kier molecular flexibility index (Phi) is 6.15. The molecule has 1 N–H and O–H groups in total. The average molecular weight is 341 g/mol. The van der Waals surface area contributed by atoms with Gasteiger partial charge in [0.05, 0.1) is 17.6 Å². The van der Waals surface area contributed by atoms with Crippen molar-refractivity contribution < 1.29 is 22.7 Å². The van der Waals surface area contributed by atoms with Gasteiger partial charge in [-0.1, -0.05) is 17.7 Å². The summed E-state index contributed by atoms with van der Waals surface area (Å²) in [6.45, 7) is 4.39. The van der Waals surface area contributed by atoms with E-state index in [0.717, 1.165) is 24.8 Å². The Morgan fingerprint density at radius 2 is 2.04 bits per heavy atom. The minimum absolute atomic E-state index is 0.0206. The number of hydrogen-bond donors (Lipinski definition) is 1. The maximum atomic E-state index is 12.2. The van der Waals surface area contributed by atoms with Crippen LogP contribution in [-0.2, 0) is 24.3 Å². The van der Waals surface area contributed by atoms with Gasteiger partial charge in [-0.3, -0.25) is 4.79 Å². The summed E-state index contributed by atoms with van der Waals surface area (Å²) in [6, 6.07) is 6.29. The lowest BCUT2D eigenvalue weighted by Crippen LogP contribution is -2.40. The molecule has 1 aromatic carbocycles. The number of aryl methyl sites for hydroxylation is 1. The Morgan fingerprint density at radius 3 is 2.65 bits per heavy atom. The molecule has 1 aliphatic rings. The third-order valence-corrected chi connectivity index (χ3v) is 5.10. The molecule has 1 amide bonds. The van der Waals surface area contributed by atoms with Crippen LogP contribution in [0.15, 0.2) is 29.2 Å². The Hall–Kier alpha value is -1.44. The Labute approximate surface area is 137 Å². The van der Waals surface area contributed by atoms with Crippen LogP contribution in [0.1, 0.15) is 31.7 Å². The van der Waals surface area contributed by atoms with Gasteiger partial charge in [-0.25, -0.2) is 13.1 Å². The van der Waals surface area contributed by atoms with Gasteiger partial charge >= 0.3 is 0 Å². The van der Waals surface area contributed by atoms with E-state index in [0.29, 0.717) is 13.2 Å². The molecule has 0 spiro atoms. The van der Waals surface area contributed by atoms with E-state index in [1.165, 1.54) is 19.1 Å². The predicted molar refractivity (Wildman–Crippen MR) is 85.5 cm³/mol. The molecule has 1 fully saturated rings. The van der Waals surface area contributed by atoms with Crippen molar-refractivity contribution in [2.75, 3.05) is 13.2 Å². The molecule has 0 aliphatic carbocycles. The predicted octanol–water partition coefficient (Wildman–Crippen LogP) is 1.77. The van der Waals surface area contributed by atoms with Gasteiger partial charge in [0.15, 0.2) is 0 Å². The van der Waals surface area contributed by atoms with Gasteiger partial charge in [0.1, 0.15) is 6.10 Å². The molecule has 1 heterocycles. The van der Waals surface area contributed by atoms with Crippen LogP contribution >= 0.6 is 0 Å². The molecule has 2 rings (SSSR count). The standard InChI is InChI=1S/C16H23NO5S/c1-12-6-8-15(9-7-12)23(19,20)17-16(18)13(2)22-11-14-5-3-4-10-21-14/h6-9,13-14H,3-5,10-11H2,1-2H3,(H,17,18). The number of amides is 1. The number of hydrogen-bond acceptors (Lipinski definition) is 5. The van der Waals surface area contributed by atoms with E-state index in [9.17, 15) is 13.2 Å².